The van der Waals surface area contributed by atoms with Crippen LogP contribution in [0.15, 0.2) is 12.2 Å². The van der Waals surface area contributed by atoms with Crippen molar-refractivity contribution in [2.75, 3.05) is 0 Å². The van der Waals surface area contributed by atoms with Crippen molar-refractivity contribution >= 4 is 0 Å². The lowest BCUT2D eigenvalue weighted by atomic mass is 10.0. The summed E-state index contributed by atoms with van der Waals surface area (Å²) in [6.07, 6.45) is 34.9. The lowest BCUT2D eigenvalue weighted by Crippen LogP contribution is -1.82. The Kier molecular flexibility index (Phi) is 23.5. The van der Waals surface area contributed by atoms with Gasteiger partial charge in [-0.15, -0.1) is 0 Å². The summed E-state index contributed by atoms with van der Waals surface area (Å²) in [6, 6.07) is 0. The highest BCUT2D eigenvalue weighted by atomic mass is 14.0. The van der Waals surface area contributed by atoms with Gasteiger partial charge in [0, 0.05) is 0 Å². The first-order valence-electron chi connectivity index (χ1n) is 12.1. The van der Waals surface area contributed by atoms with Gasteiger partial charge in [-0.05, 0) is 25.7 Å². The molecular formula is C25H50. The van der Waals surface area contributed by atoms with Gasteiger partial charge >= 0.3 is 0 Å². The monoisotopic (exact) mass is 350 g/mol. The summed E-state index contributed by atoms with van der Waals surface area (Å²) in [6.45, 7) is 4.59. The molecule has 0 saturated heterocycles. The van der Waals surface area contributed by atoms with E-state index < -0.39 is 0 Å². The number of unbranched alkanes of at least 4 members (excludes halogenated alkanes) is 19. The van der Waals surface area contributed by atoms with Gasteiger partial charge in [0.2, 0.25) is 0 Å². The summed E-state index contributed by atoms with van der Waals surface area (Å²) < 4.78 is 0. The van der Waals surface area contributed by atoms with Crippen LogP contribution in [0.1, 0.15) is 149 Å². The molecule has 0 aromatic rings. The Balaban J connectivity index is 3.03. The predicted octanol–water partition coefficient (Wildman–Crippen LogP) is 9.77. The highest BCUT2D eigenvalue weighted by Crippen LogP contribution is 2.13. The van der Waals surface area contributed by atoms with E-state index in [1.807, 2.05) is 0 Å². The third-order valence-corrected chi connectivity index (χ3v) is 5.37. The average molecular weight is 351 g/mol. The van der Waals surface area contributed by atoms with Gasteiger partial charge in [-0.25, -0.2) is 0 Å². The van der Waals surface area contributed by atoms with Crippen molar-refractivity contribution in [1.82, 2.24) is 0 Å². The van der Waals surface area contributed by atoms with Crippen molar-refractivity contribution in [2.45, 2.75) is 149 Å². The third-order valence-electron chi connectivity index (χ3n) is 5.37. The highest BCUT2D eigenvalue weighted by molar-refractivity contribution is 4.81. The van der Waals surface area contributed by atoms with Crippen molar-refractivity contribution in [2.24, 2.45) is 0 Å². The molecule has 0 nitrogen and oxygen atoms in total. The zero-order valence-electron chi connectivity index (χ0n) is 18.0. The molecule has 0 N–H and O–H groups in total. The molecule has 0 unspecified atom stereocenters. The molecule has 25 heavy (non-hydrogen) atoms. The molecule has 0 aliphatic carbocycles. The van der Waals surface area contributed by atoms with Gasteiger partial charge in [-0.3, -0.25) is 0 Å². The van der Waals surface area contributed by atoms with E-state index in [9.17, 15) is 0 Å². The van der Waals surface area contributed by atoms with E-state index in [2.05, 4.69) is 26.0 Å². The first-order chi connectivity index (χ1) is 12.4. The SMILES string of the molecule is CCCCCCCC/C=C\CCCCCCCCCCCCCCC. The average Bonchev–Trinajstić information content (AvgIpc) is 2.63. The molecule has 0 saturated carbocycles. The van der Waals surface area contributed by atoms with Gasteiger partial charge < -0.3 is 0 Å². The van der Waals surface area contributed by atoms with Crippen LogP contribution in [0, 0.1) is 0 Å². The minimum absolute atomic E-state index is 1.31. The van der Waals surface area contributed by atoms with Crippen molar-refractivity contribution in [1.29, 1.82) is 0 Å². The summed E-state index contributed by atoms with van der Waals surface area (Å²) in [5.41, 5.74) is 0. The second-order valence-electron chi connectivity index (χ2n) is 8.06. The summed E-state index contributed by atoms with van der Waals surface area (Å²) in [4.78, 5) is 0. The van der Waals surface area contributed by atoms with Crippen LogP contribution in [0.5, 0.6) is 0 Å². The Labute approximate surface area is 161 Å². The molecule has 0 aliphatic rings. The van der Waals surface area contributed by atoms with E-state index >= 15 is 0 Å². The van der Waals surface area contributed by atoms with Crippen LogP contribution in [0.3, 0.4) is 0 Å². The largest absolute Gasteiger partial charge is 0.0885 e. The van der Waals surface area contributed by atoms with Crippen molar-refractivity contribution in [3.63, 3.8) is 0 Å². The van der Waals surface area contributed by atoms with Gasteiger partial charge in [0.25, 0.3) is 0 Å². The van der Waals surface area contributed by atoms with Crippen LogP contribution < -0.4 is 0 Å². The lowest BCUT2D eigenvalue weighted by molar-refractivity contribution is 0.540. The van der Waals surface area contributed by atoms with Crippen LogP contribution in [0.4, 0.5) is 0 Å². The standard InChI is InChI=1S/C25H50/c1-3-5-7-9-11-13-15-17-19-21-23-25-24-22-20-18-16-14-12-10-8-6-4-2/h17,19H,3-16,18,20-25H2,1-2H3/b19-17-. The Bertz CT molecular complexity index is 240. The van der Waals surface area contributed by atoms with Crippen molar-refractivity contribution < 1.29 is 0 Å². The molecule has 0 heteroatoms. The number of allylic oxidation sites excluding steroid dienone is 2. The molecule has 0 amide bonds. The maximum atomic E-state index is 2.44. The quantitative estimate of drug-likeness (QED) is 0.143. The minimum atomic E-state index is 1.31. The van der Waals surface area contributed by atoms with Crippen molar-refractivity contribution in [3.05, 3.63) is 12.2 Å². The maximum Gasteiger partial charge on any atom is -0.0351 e. The van der Waals surface area contributed by atoms with E-state index in [4.69, 9.17) is 0 Å². The number of hydrogen-bond donors (Lipinski definition) is 0. The fourth-order valence-corrected chi connectivity index (χ4v) is 3.56. The first kappa shape index (κ1) is 24.7. The molecule has 0 fully saturated rings. The summed E-state index contributed by atoms with van der Waals surface area (Å²) in [7, 11) is 0. The van der Waals surface area contributed by atoms with Crippen LogP contribution in [0.2, 0.25) is 0 Å². The van der Waals surface area contributed by atoms with Gasteiger partial charge in [0.1, 0.15) is 0 Å². The molecule has 0 radical (unpaired) electrons. The van der Waals surface area contributed by atoms with E-state index in [0.29, 0.717) is 0 Å². The first-order valence-corrected chi connectivity index (χ1v) is 12.1. The fourth-order valence-electron chi connectivity index (χ4n) is 3.56. The molecule has 0 spiro atoms. The molecule has 0 rings (SSSR count). The molecular weight excluding hydrogens is 300 g/mol. The molecule has 0 bridgehead atoms. The molecule has 0 aromatic heterocycles. The summed E-state index contributed by atoms with van der Waals surface area (Å²) >= 11 is 0. The van der Waals surface area contributed by atoms with E-state index in [-0.39, 0.29) is 0 Å². The second kappa shape index (κ2) is 23.7. The Morgan fingerprint density at radius 2 is 0.560 bits per heavy atom. The maximum absolute atomic E-state index is 2.44. The molecule has 0 atom stereocenters. The number of rotatable bonds is 21. The molecule has 0 heterocycles. The van der Waals surface area contributed by atoms with Crippen LogP contribution in [-0.4, -0.2) is 0 Å². The van der Waals surface area contributed by atoms with Gasteiger partial charge in [0.05, 0.1) is 0 Å². The molecule has 150 valence electrons. The van der Waals surface area contributed by atoms with Gasteiger partial charge in [-0.1, -0.05) is 135 Å². The van der Waals surface area contributed by atoms with E-state index in [1.165, 1.54) is 135 Å². The summed E-state index contributed by atoms with van der Waals surface area (Å²) in [5.74, 6) is 0. The fraction of sp³-hybridized carbons (Fsp3) is 0.920. The Hall–Kier alpha value is -0.260. The third kappa shape index (κ3) is 23.7. The van der Waals surface area contributed by atoms with Crippen LogP contribution in [-0.2, 0) is 0 Å². The van der Waals surface area contributed by atoms with Crippen LogP contribution in [0.25, 0.3) is 0 Å². The van der Waals surface area contributed by atoms with E-state index in [1.54, 1.807) is 0 Å². The van der Waals surface area contributed by atoms with E-state index in [0.717, 1.165) is 0 Å². The van der Waals surface area contributed by atoms with Gasteiger partial charge in [0.15, 0.2) is 0 Å². The number of hydrogen-bond acceptors (Lipinski definition) is 0. The minimum Gasteiger partial charge on any atom is -0.0885 e. The second-order valence-corrected chi connectivity index (χ2v) is 8.06. The highest BCUT2D eigenvalue weighted by Gasteiger charge is 1.93. The Morgan fingerprint density at radius 1 is 0.320 bits per heavy atom. The zero-order valence-corrected chi connectivity index (χ0v) is 18.0. The summed E-state index contributed by atoms with van der Waals surface area (Å²) in [5, 5.41) is 0. The lowest BCUT2D eigenvalue weighted by Gasteiger charge is -2.02. The zero-order chi connectivity index (χ0) is 18.3. The molecule has 0 aliphatic heterocycles. The van der Waals surface area contributed by atoms with Crippen molar-refractivity contribution in [3.8, 4) is 0 Å². The topological polar surface area (TPSA) is 0 Å². The predicted molar refractivity (Wildman–Crippen MR) is 117 cm³/mol. The van der Waals surface area contributed by atoms with Gasteiger partial charge in [-0.2, -0.15) is 0 Å². The normalized spacial score (nSPS) is 11.6. The Morgan fingerprint density at radius 3 is 0.840 bits per heavy atom. The molecule has 0 aromatic carbocycles. The van der Waals surface area contributed by atoms with Crippen LogP contribution >= 0.6 is 0 Å². The smallest absolute Gasteiger partial charge is 0.0351 e.